The number of sulfonamides is 1. The molecule has 152 valence electrons. The summed E-state index contributed by atoms with van der Waals surface area (Å²) in [6.45, 7) is 5.33. The van der Waals surface area contributed by atoms with Crippen molar-refractivity contribution in [3.05, 3.63) is 24.3 Å². The summed E-state index contributed by atoms with van der Waals surface area (Å²) in [5.41, 5.74) is 1.02. The van der Waals surface area contributed by atoms with Gasteiger partial charge in [-0.05, 0) is 24.3 Å². The Hall–Kier alpha value is -2.24. The summed E-state index contributed by atoms with van der Waals surface area (Å²) in [4.78, 5) is 13.9. The minimum Gasteiger partial charge on any atom is -0.497 e. The molecule has 0 spiro atoms. The zero-order valence-electron chi connectivity index (χ0n) is 16.0. The zero-order chi connectivity index (χ0) is 20.3. The number of aromatic nitrogens is 2. The van der Waals surface area contributed by atoms with Gasteiger partial charge in [-0.3, -0.25) is 4.79 Å². The highest BCUT2D eigenvalue weighted by atomic mass is 32.2. The van der Waals surface area contributed by atoms with Gasteiger partial charge in [0.15, 0.2) is 0 Å². The minimum absolute atomic E-state index is 0.107. The molecule has 1 N–H and O–H groups in total. The summed E-state index contributed by atoms with van der Waals surface area (Å²) in [7, 11) is -2.12. The number of nitrogens with zero attached hydrogens (tertiary/aromatic N) is 4. The van der Waals surface area contributed by atoms with E-state index in [1.54, 1.807) is 21.0 Å². The second-order valence-electron chi connectivity index (χ2n) is 6.61. The van der Waals surface area contributed by atoms with E-state index in [9.17, 15) is 13.2 Å². The van der Waals surface area contributed by atoms with Gasteiger partial charge in [-0.2, -0.15) is 4.31 Å². The Bertz CT molecular complexity index is 919. The van der Waals surface area contributed by atoms with Crippen LogP contribution in [0.25, 0.3) is 0 Å². The maximum Gasteiger partial charge on any atom is 0.272 e. The van der Waals surface area contributed by atoms with Gasteiger partial charge < -0.3 is 15.0 Å². The van der Waals surface area contributed by atoms with Crippen LogP contribution in [0, 0.1) is 5.92 Å². The van der Waals surface area contributed by atoms with Gasteiger partial charge in [0.05, 0.1) is 7.11 Å². The number of carbonyl (C=O) groups is 1. The van der Waals surface area contributed by atoms with Gasteiger partial charge in [0.1, 0.15) is 5.75 Å². The molecule has 0 aliphatic carbocycles. The molecule has 1 aromatic heterocycles. The van der Waals surface area contributed by atoms with E-state index in [1.807, 2.05) is 24.3 Å². The highest BCUT2D eigenvalue weighted by Gasteiger charge is 2.32. The molecule has 2 heterocycles. The predicted molar refractivity (Wildman–Crippen MR) is 107 cm³/mol. The number of ether oxygens (including phenoxy) is 1. The molecule has 1 aliphatic heterocycles. The summed E-state index contributed by atoms with van der Waals surface area (Å²) < 4.78 is 32.1. The van der Waals surface area contributed by atoms with Crippen molar-refractivity contribution in [2.24, 2.45) is 5.92 Å². The number of anilines is 2. The molecule has 0 radical (unpaired) electrons. The summed E-state index contributed by atoms with van der Waals surface area (Å²) >= 11 is 0.869. The van der Waals surface area contributed by atoms with Crippen LogP contribution in [0.3, 0.4) is 0 Å². The van der Waals surface area contributed by atoms with Gasteiger partial charge in [-0.25, -0.2) is 8.42 Å². The second-order valence-corrected chi connectivity index (χ2v) is 9.70. The molecule has 0 bridgehead atoms. The number of methoxy groups -OCH3 is 1. The van der Waals surface area contributed by atoms with Gasteiger partial charge in [-0.1, -0.05) is 25.2 Å². The summed E-state index contributed by atoms with van der Waals surface area (Å²) in [6, 6.07) is 7.67. The molecule has 0 unspecified atom stereocenters. The largest absolute Gasteiger partial charge is 0.497 e. The third-order valence-electron chi connectivity index (χ3n) is 4.40. The number of rotatable bonds is 6. The number of piperazine rings is 1. The third-order valence-corrected chi connectivity index (χ3v) is 7.48. The van der Waals surface area contributed by atoms with Gasteiger partial charge in [0, 0.05) is 37.8 Å². The van der Waals surface area contributed by atoms with Gasteiger partial charge in [0.2, 0.25) is 15.4 Å². The van der Waals surface area contributed by atoms with Crippen LogP contribution in [0.2, 0.25) is 0 Å². The van der Waals surface area contributed by atoms with Crippen molar-refractivity contribution in [1.82, 2.24) is 14.5 Å². The Morgan fingerprint density at radius 3 is 2.36 bits per heavy atom. The van der Waals surface area contributed by atoms with Crippen molar-refractivity contribution in [3.8, 4) is 5.75 Å². The maximum absolute atomic E-state index is 12.8. The van der Waals surface area contributed by atoms with Crippen molar-refractivity contribution in [3.63, 3.8) is 0 Å². The Balaban J connectivity index is 1.64. The first-order valence-corrected chi connectivity index (χ1v) is 11.1. The summed E-state index contributed by atoms with van der Waals surface area (Å²) in [6.07, 6.45) is 0. The molecule has 0 saturated carbocycles. The third kappa shape index (κ3) is 4.42. The molecule has 0 atom stereocenters. The molecule has 1 amide bonds. The first-order chi connectivity index (χ1) is 13.3. The molecule has 3 rings (SSSR count). The Morgan fingerprint density at radius 2 is 1.79 bits per heavy atom. The minimum atomic E-state index is -3.73. The zero-order valence-corrected chi connectivity index (χ0v) is 17.6. The highest BCUT2D eigenvalue weighted by molar-refractivity contribution is 7.91. The normalized spacial score (nSPS) is 15.6. The molecular weight excluding hydrogens is 402 g/mol. The van der Waals surface area contributed by atoms with E-state index >= 15 is 0 Å². The first kappa shape index (κ1) is 20.5. The van der Waals surface area contributed by atoms with E-state index in [0.717, 1.165) is 22.8 Å². The van der Waals surface area contributed by atoms with Crippen LogP contribution >= 0.6 is 11.3 Å². The second kappa shape index (κ2) is 8.41. The standard InChI is InChI=1S/C17H23N5O4S2/c1-12(2)15(23)18-16-19-20-17(27-16)28(24,25)22-10-8-21(9-11-22)13-4-6-14(26-3)7-5-13/h4-7,12H,8-11H2,1-3H3,(H,18,19,23). The lowest BCUT2D eigenvalue weighted by Gasteiger charge is -2.34. The number of amides is 1. The van der Waals surface area contributed by atoms with E-state index in [1.165, 1.54) is 4.31 Å². The lowest BCUT2D eigenvalue weighted by atomic mass is 10.2. The molecular formula is C17H23N5O4S2. The quantitative estimate of drug-likeness (QED) is 0.702. The SMILES string of the molecule is COc1ccc(N2CCN(S(=O)(=O)c3nnc(NC(=O)C(C)C)s3)CC2)cc1. The maximum atomic E-state index is 12.8. The van der Waals surface area contributed by atoms with E-state index in [0.29, 0.717) is 26.2 Å². The van der Waals surface area contributed by atoms with Crippen LogP contribution in [-0.2, 0) is 14.8 Å². The fourth-order valence-electron chi connectivity index (χ4n) is 2.70. The highest BCUT2D eigenvalue weighted by Crippen LogP contribution is 2.26. The molecule has 2 aromatic rings. The van der Waals surface area contributed by atoms with Crippen LogP contribution in [0.15, 0.2) is 28.6 Å². The van der Waals surface area contributed by atoms with E-state index in [4.69, 9.17) is 4.74 Å². The number of hydrogen-bond donors (Lipinski definition) is 1. The number of nitrogens with one attached hydrogen (secondary N) is 1. The Morgan fingerprint density at radius 1 is 1.14 bits per heavy atom. The van der Waals surface area contributed by atoms with Gasteiger partial charge >= 0.3 is 0 Å². The lowest BCUT2D eigenvalue weighted by molar-refractivity contribution is -0.118. The van der Waals surface area contributed by atoms with Crippen LogP contribution in [0.1, 0.15) is 13.8 Å². The molecule has 1 fully saturated rings. The van der Waals surface area contributed by atoms with Crippen molar-refractivity contribution < 1.29 is 17.9 Å². The van der Waals surface area contributed by atoms with Crippen molar-refractivity contribution in [1.29, 1.82) is 0 Å². The summed E-state index contributed by atoms with van der Waals surface area (Å²) in [5.74, 6) is 0.324. The number of benzene rings is 1. The smallest absolute Gasteiger partial charge is 0.272 e. The Labute approximate surface area is 168 Å². The molecule has 9 nitrogen and oxygen atoms in total. The molecule has 1 aromatic carbocycles. The van der Waals surface area contributed by atoms with Gasteiger partial charge in [0.25, 0.3) is 10.0 Å². The van der Waals surface area contributed by atoms with Crippen molar-refractivity contribution >= 4 is 38.1 Å². The lowest BCUT2D eigenvalue weighted by Crippen LogP contribution is -2.48. The van der Waals surface area contributed by atoms with E-state index < -0.39 is 10.0 Å². The molecule has 28 heavy (non-hydrogen) atoms. The van der Waals surface area contributed by atoms with Gasteiger partial charge in [-0.15, -0.1) is 10.2 Å². The fraction of sp³-hybridized carbons (Fsp3) is 0.471. The molecule has 1 saturated heterocycles. The van der Waals surface area contributed by atoms with Crippen molar-refractivity contribution in [2.45, 2.75) is 18.2 Å². The average Bonchev–Trinajstić information content (AvgIpc) is 3.17. The van der Waals surface area contributed by atoms with Crippen LogP contribution in [0.5, 0.6) is 5.75 Å². The van der Waals surface area contributed by atoms with E-state index in [-0.39, 0.29) is 21.3 Å². The first-order valence-electron chi connectivity index (χ1n) is 8.85. The van der Waals surface area contributed by atoms with Crippen LogP contribution in [-0.4, -0.2) is 62.1 Å². The average molecular weight is 426 g/mol. The van der Waals surface area contributed by atoms with Crippen LogP contribution < -0.4 is 15.0 Å². The van der Waals surface area contributed by atoms with E-state index in [2.05, 4.69) is 20.4 Å². The predicted octanol–water partition coefficient (Wildman–Crippen LogP) is 1.65. The monoisotopic (exact) mass is 425 g/mol. The van der Waals surface area contributed by atoms with Crippen molar-refractivity contribution in [2.75, 3.05) is 43.5 Å². The fourth-order valence-corrected chi connectivity index (χ4v) is 5.17. The molecule has 11 heteroatoms. The Kier molecular flexibility index (Phi) is 6.16. The van der Waals surface area contributed by atoms with Crippen LogP contribution in [0.4, 0.5) is 10.8 Å². The number of hydrogen-bond acceptors (Lipinski definition) is 8. The topological polar surface area (TPSA) is 105 Å². The molecule has 1 aliphatic rings. The number of carbonyl (C=O) groups excluding carboxylic acids is 1. The summed E-state index contributed by atoms with van der Waals surface area (Å²) in [5, 5.41) is 10.3.